The van der Waals surface area contributed by atoms with Crippen LogP contribution in [0, 0.1) is 0 Å². The molecule has 1 saturated heterocycles. The van der Waals surface area contributed by atoms with E-state index in [0.29, 0.717) is 34.1 Å². The third-order valence-corrected chi connectivity index (χ3v) is 7.45. The SMILES string of the molecule is COc1ccc(NC(=O)CN2C(=O)C3(SCC(=O)N3c3ccccc3)c3ccccc32)c(OC)c1. The molecule has 0 bridgehead atoms. The Hall–Kier alpha value is -3.98. The Labute approximate surface area is 206 Å². The second-order valence-corrected chi connectivity index (χ2v) is 9.19. The van der Waals surface area contributed by atoms with Crippen molar-refractivity contribution in [3.63, 3.8) is 0 Å². The number of nitrogens with zero attached hydrogens (tertiary/aromatic N) is 2. The molecule has 1 unspecified atom stereocenters. The molecule has 0 aromatic heterocycles. The van der Waals surface area contributed by atoms with Crippen molar-refractivity contribution < 1.29 is 23.9 Å². The minimum atomic E-state index is -1.26. The molecule has 1 fully saturated rings. The Kier molecular flexibility index (Phi) is 5.86. The number of hydrogen-bond acceptors (Lipinski definition) is 6. The smallest absolute Gasteiger partial charge is 0.269 e. The summed E-state index contributed by atoms with van der Waals surface area (Å²) in [6.45, 7) is -0.218. The Morgan fingerprint density at radius 1 is 1.00 bits per heavy atom. The number of methoxy groups -OCH3 is 2. The number of nitrogens with one attached hydrogen (secondary N) is 1. The average Bonchev–Trinajstić information content (AvgIpc) is 3.35. The van der Waals surface area contributed by atoms with Crippen molar-refractivity contribution in [1.82, 2.24) is 0 Å². The summed E-state index contributed by atoms with van der Waals surface area (Å²) in [5, 5.41) is 2.82. The second kappa shape index (κ2) is 8.99. The van der Waals surface area contributed by atoms with Crippen molar-refractivity contribution >= 4 is 46.5 Å². The fourth-order valence-electron chi connectivity index (χ4n) is 4.52. The van der Waals surface area contributed by atoms with Gasteiger partial charge in [-0.2, -0.15) is 0 Å². The molecule has 2 heterocycles. The second-order valence-electron chi connectivity index (χ2n) is 8.02. The highest BCUT2D eigenvalue weighted by molar-refractivity contribution is 8.02. The highest BCUT2D eigenvalue weighted by Gasteiger charge is 2.61. The van der Waals surface area contributed by atoms with Crippen LogP contribution in [0.15, 0.2) is 72.8 Å². The first-order chi connectivity index (χ1) is 17.0. The first kappa shape index (κ1) is 22.8. The molecule has 2 aliphatic rings. The lowest BCUT2D eigenvalue weighted by Crippen LogP contribution is -2.50. The highest BCUT2D eigenvalue weighted by Crippen LogP contribution is 2.55. The first-order valence-electron chi connectivity index (χ1n) is 10.9. The van der Waals surface area contributed by atoms with Crippen molar-refractivity contribution in [1.29, 1.82) is 0 Å². The van der Waals surface area contributed by atoms with Gasteiger partial charge in [-0.1, -0.05) is 36.4 Å². The Morgan fingerprint density at radius 3 is 2.49 bits per heavy atom. The van der Waals surface area contributed by atoms with Crippen molar-refractivity contribution in [2.45, 2.75) is 4.87 Å². The lowest BCUT2D eigenvalue weighted by atomic mass is 10.0. The van der Waals surface area contributed by atoms with Gasteiger partial charge in [-0.25, -0.2) is 0 Å². The van der Waals surface area contributed by atoms with Crippen LogP contribution in [0.3, 0.4) is 0 Å². The number of para-hydroxylation sites is 2. The number of hydrogen-bond donors (Lipinski definition) is 1. The number of ether oxygens (including phenoxy) is 2. The zero-order valence-electron chi connectivity index (χ0n) is 19.2. The molecule has 3 aromatic carbocycles. The Balaban J connectivity index is 1.48. The lowest BCUT2D eigenvalue weighted by Gasteiger charge is -2.33. The molecule has 0 aliphatic carbocycles. The topological polar surface area (TPSA) is 88.2 Å². The molecule has 8 nitrogen and oxygen atoms in total. The molecule has 3 amide bonds. The third kappa shape index (κ3) is 3.68. The summed E-state index contributed by atoms with van der Waals surface area (Å²) in [7, 11) is 3.05. The molecule has 0 radical (unpaired) electrons. The maximum atomic E-state index is 14.0. The quantitative estimate of drug-likeness (QED) is 0.569. The van der Waals surface area contributed by atoms with E-state index in [-0.39, 0.29) is 24.1 Å². The maximum Gasteiger partial charge on any atom is 0.269 e. The van der Waals surface area contributed by atoms with Crippen LogP contribution >= 0.6 is 11.8 Å². The zero-order valence-corrected chi connectivity index (χ0v) is 20.0. The summed E-state index contributed by atoms with van der Waals surface area (Å²) in [5.74, 6) is 0.324. The first-order valence-corrected chi connectivity index (χ1v) is 11.9. The summed E-state index contributed by atoms with van der Waals surface area (Å²) < 4.78 is 10.6. The fraction of sp³-hybridized carbons (Fsp3) is 0.192. The van der Waals surface area contributed by atoms with Crippen LogP contribution < -0.4 is 24.6 Å². The molecule has 0 saturated carbocycles. The minimum absolute atomic E-state index is 0.154. The van der Waals surface area contributed by atoms with Gasteiger partial charge in [-0.05, 0) is 30.3 Å². The van der Waals surface area contributed by atoms with Crippen LogP contribution in [0.25, 0.3) is 0 Å². The number of rotatable bonds is 6. The number of amides is 3. The van der Waals surface area contributed by atoms with Gasteiger partial charge in [-0.15, -0.1) is 11.8 Å². The van der Waals surface area contributed by atoms with Gasteiger partial charge in [0.2, 0.25) is 16.7 Å². The van der Waals surface area contributed by atoms with Gasteiger partial charge >= 0.3 is 0 Å². The Bertz CT molecular complexity index is 1320. The summed E-state index contributed by atoms with van der Waals surface area (Å²) in [6.07, 6.45) is 0. The molecule has 5 rings (SSSR count). The van der Waals surface area contributed by atoms with Gasteiger partial charge in [-0.3, -0.25) is 24.2 Å². The number of thioether (sulfide) groups is 1. The van der Waals surface area contributed by atoms with Crippen LogP contribution in [0.5, 0.6) is 11.5 Å². The molecule has 178 valence electrons. The zero-order chi connectivity index (χ0) is 24.6. The van der Waals surface area contributed by atoms with E-state index in [9.17, 15) is 14.4 Å². The molecule has 1 N–H and O–H groups in total. The van der Waals surface area contributed by atoms with Gasteiger partial charge in [0, 0.05) is 17.3 Å². The van der Waals surface area contributed by atoms with E-state index >= 15 is 0 Å². The molecule has 9 heteroatoms. The summed E-state index contributed by atoms with van der Waals surface area (Å²) in [6, 6.07) is 21.5. The number of fused-ring (bicyclic) bond motifs is 2. The van der Waals surface area contributed by atoms with Crippen molar-refractivity contribution in [2.24, 2.45) is 0 Å². The minimum Gasteiger partial charge on any atom is -0.497 e. The van der Waals surface area contributed by atoms with Gasteiger partial charge in [0.25, 0.3) is 5.91 Å². The van der Waals surface area contributed by atoms with Gasteiger partial charge in [0.05, 0.1) is 31.3 Å². The number of carbonyl (C=O) groups excluding carboxylic acids is 3. The molecule has 3 aromatic rings. The number of carbonyl (C=O) groups is 3. The van der Waals surface area contributed by atoms with Crippen molar-refractivity contribution in [3.8, 4) is 11.5 Å². The molecule has 1 spiro atoms. The van der Waals surface area contributed by atoms with E-state index in [1.54, 1.807) is 36.3 Å². The highest BCUT2D eigenvalue weighted by atomic mass is 32.2. The van der Waals surface area contributed by atoms with E-state index in [1.165, 1.54) is 23.8 Å². The van der Waals surface area contributed by atoms with Crippen molar-refractivity contribution in [3.05, 3.63) is 78.4 Å². The molecular formula is C26H23N3O5S. The van der Waals surface area contributed by atoms with Gasteiger partial charge in [0.1, 0.15) is 18.0 Å². The van der Waals surface area contributed by atoms with Crippen molar-refractivity contribution in [2.75, 3.05) is 41.6 Å². The summed E-state index contributed by atoms with van der Waals surface area (Å²) >= 11 is 1.28. The third-order valence-electron chi connectivity index (χ3n) is 6.06. The predicted octanol–water partition coefficient (Wildman–Crippen LogP) is 3.62. The largest absolute Gasteiger partial charge is 0.497 e. The summed E-state index contributed by atoms with van der Waals surface area (Å²) in [4.78, 5) is 41.9. The lowest BCUT2D eigenvalue weighted by molar-refractivity contribution is -0.124. The van der Waals surface area contributed by atoms with Crippen LogP contribution in [0.1, 0.15) is 5.56 Å². The van der Waals surface area contributed by atoms with Crippen LogP contribution in [0.4, 0.5) is 17.1 Å². The molecule has 1 atom stereocenters. The number of anilines is 3. The maximum absolute atomic E-state index is 14.0. The van der Waals surface area contributed by atoms with Crippen LogP contribution in [-0.2, 0) is 19.3 Å². The standard InChI is InChI=1S/C26H23N3O5S/c1-33-18-12-13-20(22(14-18)34-2)27-23(30)15-28-21-11-7-6-10-19(21)26(25(28)32)29(24(31)16-35-26)17-8-4-3-5-9-17/h3-14H,15-16H2,1-2H3,(H,27,30). The van der Waals surface area contributed by atoms with Crippen LogP contribution in [-0.4, -0.2) is 44.2 Å². The Morgan fingerprint density at radius 2 is 1.74 bits per heavy atom. The van der Waals surface area contributed by atoms with E-state index in [4.69, 9.17) is 9.47 Å². The molecule has 35 heavy (non-hydrogen) atoms. The summed E-state index contributed by atoms with van der Waals surface area (Å²) in [5.41, 5.74) is 2.40. The predicted molar refractivity (Wildman–Crippen MR) is 135 cm³/mol. The van der Waals surface area contributed by atoms with E-state index in [2.05, 4.69) is 5.32 Å². The van der Waals surface area contributed by atoms with Gasteiger partial charge in [0.15, 0.2) is 0 Å². The monoisotopic (exact) mass is 489 g/mol. The van der Waals surface area contributed by atoms with Gasteiger partial charge < -0.3 is 14.8 Å². The van der Waals surface area contributed by atoms with Crippen LogP contribution in [0.2, 0.25) is 0 Å². The normalized spacial score (nSPS) is 18.7. The average molecular weight is 490 g/mol. The molecule has 2 aliphatic heterocycles. The molecular weight excluding hydrogens is 466 g/mol. The van der Waals surface area contributed by atoms with E-state index in [0.717, 1.165) is 0 Å². The fourth-order valence-corrected chi connectivity index (χ4v) is 5.88. The number of benzene rings is 3. The van der Waals surface area contributed by atoms with E-state index < -0.39 is 10.8 Å². The van der Waals surface area contributed by atoms with E-state index in [1.807, 2.05) is 48.5 Å².